The van der Waals surface area contributed by atoms with E-state index in [4.69, 9.17) is 0 Å². The van der Waals surface area contributed by atoms with Gasteiger partial charge in [0.1, 0.15) is 0 Å². The first kappa shape index (κ1) is 10.8. The average molecular weight is 212 g/mol. The molecule has 1 heterocycles. The number of pyridine rings is 1. The molecule has 1 aromatic carbocycles. The number of aryl methyl sites for hydroxylation is 1. The van der Waals surface area contributed by atoms with Crippen LogP contribution in [0.15, 0.2) is 42.6 Å². The van der Waals surface area contributed by atoms with Crippen LogP contribution in [-0.4, -0.2) is 12.0 Å². The minimum atomic E-state index is 0.901. The Morgan fingerprint density at radius 1 is 1.12 bits per heavy atom. The molecule has 0 spiro atoms. The summed E-state index contributed by atoms with van der Waals surface area (Å²) in [5.74, 6) is 0. The second kappa shape index (κ2) is 4.90. The molecule has 2 heteroatoms. The number of benzene rings is 1. The predicted octanol–water partition coefficient (Wildman–Crippen LogP) is 2.78. The van der Waals surface area contributed by atoms with E-state index in [1.807, 2.05) is 26.2 Å². The van der Waals surface area contributed by atoms with Gasteiger partial charge in [0.15, 0.2) is 0 Å². The Morgan fingerprint density at radius 2 is 1.94 bits per heavy atom. The van der Waals surface area contributed by atoms with Gasteiger partial charge in [-0.1, -0.05) is 18.2 Å². The third-order valence-corrected chi connectivity index (χ3v) is 2.54. The van der Waals surface area contributed by atoms with Crippen molar-refractivity contribution in [2.24, 2.45) is 0 Å². The van der Waals surface area contributed by atoms with Crippen LogP contribution >= 0.6 is 0 Å². The van der Waals surface area contributed by atoms with Crippen molar-refractivity contribution >= 4 is 0 Å². The predicted molar refractivity (Wildman–Crippen MR) is 67.2 cm³/mol. The van der Waals surface area contributed by atoms with Crippen LogP contribution in [0.5, 0.6) is 0 Å². The summed E-state index contributed by atoms with van der Waals surface area (Å²) in [6, 6.07) is 12.7. The summed E-state index contributed by atoms with van der Waals surface area (Å²) in [6.45, 7) is 2.92. The average Bonchev–Trinajstić information content (AvgIpc) is 2.30. The van der Waals surface area contributed by atoms with E-state index < -0.39 is 0 Å². The lowest BCUT2D eigenvalue weighted by atomic mass is 10.0. The lowest BCUT2D eigenvalue weighted by molar-refractivity contribution is 0.818. The lowest BCUT2D eigenvalue weighted by Crippen LogP contribution is -2.04. The van der Waals surface area contributed by atoms with Gasteiger partial charge in [0.2, 0.25) is 0 Å². The van der Waals surface area contributed by atoms with Crippen LogP contribution in [0.25, 0.3) is 11.1 Å². The van der Waals surface area contributed by atoms with E-state index in [0.29, 0.717) is 0 Å². The Balaban J connectivity index is 2.36. The minimum Gasteiger partial charge on any atom is -0.316 e. The molecule has 0 saturated carbocycles. The van der Waals surface area contributed by atoms with Gasteiger partial charge in [-0.05, 0) is 48.9 Å². The maximum atomic E-state index is 4.21. The number of hydrogen-bond acceptors (Lipinski definition) is 2. The van der Waals surface area contributed by atoms with Crippen LogP contribution in [0, 0.1) is 6.92 Å². The van der Waals surface area contributed by atoms with Gasteiger partial charge < -0.3 is 5.32 Å². The van der Waals surface area contributed by atoms with Crippen molar-refractivity contribution < 1.29 is 0 Å². The van der Waals surface area contributed by atoms with Crippen LogP contribution in [0.1, 0.15) is 11.3 Å². The second-order valence-corrected chi connectivity index (χ2v) is 3.92. The van der Waals surface area contributed by atoms with Gasteiger partial charge in [0, 0.05) is 18.4 Å². The molecule has 0 saturated heterocycles. The van der Waals surface area contributed by atoms with E-state index in [1.54, 1.807) is 0 Å². The molecule has 2 nitrogen and oxygen atoms in total. The van der Waals surface area contributed by atoms with Crippen LogP contribution in [0.3, 0.4) is 0 Å². The molecule has 0 fully saturated rings. The molecule has 0 amide bonds. The molecule has 0 bridgehead atoms. The van der Waals surface area contributed by atoms with Gasteiger partial charge in [-0.15, -0.1) is 0 Å². The van der Waals surface area contributed by atoms with Crippen molar-refractivity contribution in [3.63, 3.8) is 0 Å². The van der Waals surface area contributed by atoms with Gasteiger partial charge in [-0.2, -0.15) is 0 Å². The van der Waals surface area contributed by atoms with Crippen LogP contribution in [0.2, 0.25) is 0 Å². The summed E-state index contributed by atoms with van der Waals surface area (Å²) in [6.07, 6.45) is 1.86. The number of nitrogens with one attached hydrogen (secondary N) is 1. The SMILES string of the molecule is CNCc1cccc(-c2ccnc(C)c2)c1. The lowest BCUT2D eigenvalue weighted by Gasteiger charge is -2.05. The molecule has 0 aliphatic carbocycles. The molecule has 0 aliphatic heterocycles. The number of aromatic nitrogens is 1. The quantitative estimate of drug-likeness (QED) is 0.846. The zero-order valence-electron chi connectivity index (χ0n) is 9.70. The van der Waals surface area contributed by atoms with E-state index in [-0.39, 0.29) is 0 Å². The molecular weight excluding hydrogens is 196 g/mol. The standard InChI is InChI=1S/C14H16N2/c1-11-8-14(6-7-16-11)13-5-3-4-12(9-13)10-15-2/h3-9,15H,10H2,1-2H3. The molecule has 2 rings (SSSR count). The Bertz CT molecular complexity index is 478. The van der Waals surface area contributed by atoms with Gasteiger partial charge in [-0.3, -0.25) is 4.98 Å². The van der Waals surface area contributed by atoms with Crippen molar-refractivity contribution in [1.29, 1.82) is 0 Å². The van der Waals surface area contributed by atoms with E-state index in [1.165, 1.54) is 16.7 Å². The normalized spacial score (nSPS) is 10.4. The first-order chi connectivity index (χ1) is 7.79. The van der Waals surface area contributed by atoms with Gasteiger partial charge in [0.05, 0.1) is 0 Å². The number of rotatable bonds is 3. The molecule has 0 radical (unpaired) electrons. The summed E-state index contributed by atoms with van der Waals surface area (Å²) in [5, 5.41) is 3.16. The number of hydrogen-bond donors (Lipinski definition) is 1. The Hall–Kier alpha value is -1.67. The summed E-state index contributed by atoms with van der Waals surface area (Å²) < 4.78 is 0. The highest BCUT2D eigenvalue weighted by atomic mass is 14.8. The highest BCUT2D eigenvalue weighted by Gasteiger charge is 1.99. The molecule has 2 aromatic rings. The zero-order valence-corrected chi connectivity index (χ0v) is 9.70. The molecule has 0 unspecified atom stereocenters. The largest absolute Gasteiger partial charge is 0.316 e. The van der Waals surface area contributed by atoms with Crippen molar-refractivity contribution in [3.05, 3.63) is 53.9 Å². The fourth-order valence-electron chi connectivity index (χ4n) is 1.79. The third-order valence-electron chi connectivity index (χ3n) is 2.54. The zero-order chi connectivity index (χ0) is 11.4. The van der Waals surface area contributed by atoms with Gasteiger partial charge >= 0.3 is 0 Å². The van der Waals surface area contributed by atoms with Crippen molar-refractivity contribution in [2.45, 2.75) is 13.5 Å². The van der Waals surface area contributed by atoms with Crippen LogP contribution in [0.4, 0.5) is 0 Å². The van der Waals surface area contributed by atoms with E-state index in [9.17, 15) is 0 Å². The van der Waals surface area contributed by atoms with E-state index in [2.05, 4.69) is 40.6 Å². The Labute approximate surface area is 96.4 Å². The minimum absolute atomic E-state index is 0.901. The fourth-order valence-corrected chi connectivity index (χ4v) is 1.79. The highest BCUT2D eigenvalue weighted by molar-refractivity contribution is 5.64. The second-order valence-electron chi connectivity index (χ2n) is 3.92. The molecular formula is C14H16N2. The van der Waals surface area contributed by atoms with Crippen LogP contribution in [-0.2, 0) is 6.54 Å². The maximum absolute atomic E-state index is 4.21. The fraction of sp³-hybridized carbons (Fsp3) is 0.214. The first-order valence-corrected chi connectivity index (χ1v) is 5.46. The van der Waals surface area contributed by atoms with Crippen molar-refractivity contribution in [2.75, 3.05) is 7.05 Å². The molecule has 1 N–H and O–H groups in total. The summed E-state index contributed by atoms with van der Waals surface area (Å²) in [5.41, 5.74) is 4.83. The third kappa shape index (κ3) is 2.47. The molecule has 1 aromatic heterocycles. The molecule has 16 heavy (non-hydrogen) atoms. The van der Waals surface area contributed by atoms with Crippen molar-refractivity contribution in [3.8, 4) is 11.1 Å². The van der Waals surface area contributed by atoms with Crippen molar-refractivity contribution in [1.82, 2.24) is 10.3 Å². The smallest absolute Gasteiger partial charge is 0.0378 e. The monoisotopic (exact) mass is 212 g/mol. The summed E-state index contributed by atoms with van der Waals surface area (Å²) >= 11 is 0. The first-order valence-electron chi connectivity index (χ1n) is 5.46. The summed E-state index contributed by atoms with van der Waals surface area (Å²) in [4.78, 5) is 4.21. The Kier molecular flexibility index (Phi) is 3.32. The van der Waals surface area contributed by atoms with E-state index >= 15 is 0 Å². The molecule has 82 valence electrons. The Morgan fingerprint density at radius 3 is 2.69 bits per heavy atom. The summed E-state index contributed by atoms with van der Waals surface area (Å²) in [7, 11) is 1.96. The maximum Gasteiger partial charge on any atom is 0.0378 e. The van der Waals surface area contributed by atoms with E-state index in [0.717, 1.165) is 12.2 Å². The molecule has 0 atom stereocenters. The number of nitrogens with zero attached hydrogens (tertiary/aromatic N) is 1. The van der Waals surface area contributed by atoms with Gasteiger partial charge in [0.25, 0.3) is 0 Å². The highest BCUT2D eigenvalue weighted by Crippen LogP contribution is 2.20. The molecule has 0 aliphatic rings. The van der Waals surface area contributed by atoms with Crippen LogP contribution < -0.4 is 5.32 Å². The topological polar surface area (TPSA) is 24.9 Å². The van der Waals surface area contributed by atoms with Gasteiger partial charge in [-0.25, -0.2) is 0 Å².